The van der Waals surface area contributed by atoms with Crippen molar-refractivity contribution in [3.8, 4) is 0 Å². The van der Waals surface area contributed by atoms with Crippen molar-refractivity contribution in [2.45, 2.75) is 51.4 Å². The zero-order valence-corrected chi connectivity index (χ0v) is 11.7. The predicted molar refractivity (Wildman–Crippen MR) is 66.3 cm³/mol. The van der Waals surface area contributed by atoms with E-state index in [-0.39, 0.29) is 11.2 Å². The Morgan fingerprint density at radius 1 is 1.06 bits per heavy atom. The number of epoxide rings is 1. The Morgan fingerprint density at radius 2 is 1.71 bits per heavy atom. The van der Waals surface area contributed by atoms with Crippen LogP contribution in [0.2, 0.25) is 0 Å². The molecule has 0 bridgehead atoms. The molecular formula is C13H26O4. The maximum Gasteiger partial charge on any atom is 0.0860 e. The third kappa shape index (κ3) is 6.99. The molecule has 1 saturated heterocycles. The second kappa shape index (κ2) is 6.14. The van der Waals surface area contributed by atoms with Gasteiger partial charge in [0.1, 0.15) is 0 Å². The summed E-state index contributed by atoms with van der Waals surface area (Å²) in [4.78, 5) is 0. The topological polar surface area (TPSA) is 40.2 Å². The Balaban J connectivity index is 2.21. The van der Waals surface area contributed by atoms with E-state index < -0.39 is 0 Å². The van der Waals surface area contributed by atoms with Crippen molar-refractivity contribution in [2.24, 2.45) is 0 Å². The molecule has 1 rings (SSSR count). The van der Waals surface area contributed by atoms with Gasteiger partial charge < -0.3 is 18.9 Å². The molecule has 0 amide bonds. The standard InChI is InChI=1S/C13H26O4/c1-12(2,8-11-9-15-11)17-10-13(3,4)16-7-6-14-5/h11H,6-10H2,1-5H3. The van der Waals surface area contributed by atoms with Crippen molar-refractivity contribution in [2.75, 3.05) is 33.5 Å². The summed E-state index contributed by atoms with van der Waals surface area (Å²) in [5, 5.41) is 0. The molecule has 0 spiro atoms. The second-order valence-electron chi connectivity index (χ2n) is 5.81. The molecule has 1 aliphatic heterocycles. The molecule has 0 saturated carbocycles. The minimum Gasteiger partial charge on any atom is -0.382 e. The first-order valence-corrected chi connectivity index (χ1v) is 6.23. The minimum absolute atomic E-state index is 0.150. The second-order valence-corrected chi connectivity index (χ2v) is 5.81. The van der Waals surface area contributed by atoms with Crippen LogP contribution >= 0.6 is 0 Å². The number of hydrogen-bond donors (Lipinski definition) is 0. The fraction of sp³-hybridized carbons (Fsp3) is 1.00. The van der Waals surface area contributed by atoms with Gasteiger partial charge in [-0.05, 0) is 27.7 Å². The first-order chi connectivity index (χ1) is 7.85. The summed E-state index contributed by atoms with van der Waals surface area (Å²) in [5.41, 5.74) is -0.427. The van der Waals surface area contributed by atoms with Crippen LogP contribution < -0.4 is 0 Å². The number of methoxy groups -OCH3 is 1. The lowest BCUT2D eigenvalue weighted by atomic mass is 10.0. The van der Waals surface area contributed by atoms with Gasteiger partial charge in [-0.1, -0.05) is 0 Å². The van der Waals surface area contributed by atoms with Gasteiger partial charge in [-0.2, -0.15) is 0 Å². The molecule has 1 heterocycles. The third-order valence-electron chi connectivity index (χ3n) is 2.71. The van der Waals surface area contributed by atoms with Crippen molar-refractivity contribution < 1.29 is 18.9 Å². The van der Waals surface area contributed by atoms with Crippen LogP contribution in [0, 0.1) is 0 Å². The maximum atomic E-state index is 5.93. The first-order valence-electron chi connectivity index (χ1n) is 6.23. The molecule has 0 aliphatic carbocycles. The number of rotatable bonds is 9. The first kappa shape index (κ1) is 14.9. The predicted octanol–water partition coefficient (Wildman–Crippen LogP) is 2.01. The van der Waals surface area contributed by atoms with Crippen LogP contribution in [0.1, 0.15) is 34.1 Å². The van der Waals surface area contributed by atoms with E-state index in [0.29, 0.717) is 25.9 Å². The fourth-order valence-electron chi connectivity index (χ4n) is 1.61. The van der Waals surface area contributed by atoms with Gasteiger partial charge in [-0.15, -0.1) is 0 Å². The van der Waals surface area contributed by atoms with Crippen LogP contribution in [-0.2, 0) is 18.9 Å². The van der Waals surface area contributed by atoms with Gasteiger partial charge in [0, 0.05) is 13.5 Å². The molecule has 0 aromatic rings. The highest BCUT2D eigenvalue weighted by atomic mass is 16.6. The molecule has 1 unspecified atom stereocenters. The zero-order chi connectivity index (χ0) is 12.9. The Morgan fingerprint density at radius 3 is 2.24 bits per heavy atom. The van der Waals surface area contributed by atoms with Gasteiger partial charge in [-0.3, -0.25) is 0 Å². The van der Waals surface area contributed by atoms with Gasteiger partial charge in [0.05, 0.1) is 43.7 Å². The van der Waals surface area contributed by atoms with E-state index in [0.717, 1.165) is 13.0 Å². The molecule has 0 radical (unpaired) electrons. The molecule has 4 nitrogen and oxygen atoms in total. The molecule has 4 heteroatoms. The summed E-state index contributed by atoms with van der Waals surface area (Å²) in [7, 11) is 1.67. The SMILES string of the molecule is COCCOC(C)(C)COC(C)(C)CC1CO1. The summed E-state index contributed by atoms with van der Waals surface area (Å²) >= 11 is 0. The summed E-state index contributed by atoms with van der Waals surface area (Å²) < 4.78 is 21.8. The highest BCUT2D eigenvalue weighted by Gasteiger charge is 2.33. The van der Waals surface area contributed by atoms with Crippen LogP contribution in [0.3, 0.4) is 0 Å². The maximum absolute atomic E-state index is 5.93. The Kier molecular flexibility index (Phi) is 5.38. The molecular weight excluding hydrogens is 220 g/mol. The van der Waals surface area contributed by atoms with E-state index >= 15 is 0 Å². The summed E-state index contributed by atoms with van der Waals surface area (Å²) in [6, 6.07) is 0. The lowest BCUT2D eigenvalue weighted by Gasteiger charge is -2.31. The number of hydrogen-bond acceptors (Lipinski definition) is 4. The Labute approximate surface area is 105 Å². The van der Waals surface area contributed by atoms with Crippen LogP contribution in [0.4, 0.5) is 0 Å². The van der Waals surface area contributed by atoms with Crippen LogP contribution in [-0.4, -0.2) is 50.8 Å². The lowest BCUT2D eigenvalue weighted by Crippen LogP contribution is -2.38. The van der Waals surface area contributed by atoms with Crippen molar-refractivity contribution in [1.29, 1.82) is 0 Å². The van der Waals surface area contributed by atoms with E-state index in [1.807, 2.05) is 13.8 Å². The third-order valence-corrected chi connectivity index (χ3v) is 2.71. The van der Waals surface area contributed by atoms with Crippen LogP contribution in [0.15, 0.2) is 0 Å². The largest absolute Gasteiger partial charge is 0.382 e. The Hall–Kier alpha value is -0.160. The van der Waals surface area contributed by atoms with Crippen LogP contribution in [0.25, 0.3) is 0 Å². The molecule has 0 aromatic heterocycles. The van der Waals surface area contributed by atoms with E-state index in [9.17, 15) is 0 Å². The average molecular weight is 246 g/mol. The quantitative estimate of drug-likeness (QED) is 0.461. The highest BCUT2D eigenvalue weighted by molar-refractivity contribution is 4.82. The van der Waals surface area contributed by atoms with Crippen molar-refractivity contribution >= 4 is 0 Å². The summed E-state index contributed by atoms with van der Waals surface area (Å²) in [5.74, 6) is 0. The smallest absolute Gasteiger partial charge is 0.0860 e. The molecule has 1 aliphatic rings. The zero-order valence-electron chi connectivity index (χ0n) is 11.7. The van der Waals surface area contributed by atoms with Crippen molar-refractivity contribution in [3.63, 3.8) is 0 Å². The molecule has 0 N–H and O–H groups in total. The molecule has 1 fully saturated rings. The fourth-order valence-corrected chi connectivity index (χ4v) is 1.61. The highest BCUT2D eigenvalue weighted by Crippen LogP contribution is 2.26. The average Bonchev–Trinajstić information content (AvgIpc) is 2.99. The summed E-state index contributed by atoms with van der Waals surface area (Å²) in [6.45, 7) is 10.9. The van der Waals surface area contributed by atoms with Gasteiger partial charge in [0.25, 0.3) is 0 Å². The van der Waals surface area contributed by atoms with Crippen molar-refractivity contribution in [1.82, 2.24) is 0 Å². The molecule has 0 aromatic carbocycles. The molecule has 102 valence electrons. The normalized spacial score (nSPS) is 20.6. The van der Waals surface area contributed by atoms with E-state index in [1.54, 1.807) is 7.11 Å². The molecule has 17 heavy (non-hydrogen) atoms. The van der Waals surface area contributed by atoms with Gasteiger partial charge in [-0.25, -0.2) is 0 Å². The van der Waals surface area contributed by atoms with Crippen molar-refractivity contribution in [3.05, 3.63) is 0 Å². The van der Waals surface area contributed by atoms with Gasteiger partial charge >= 0.3 is 0 Å². The van der Waals surface area contributed by atoms with E-state index in [2.05, 4.69) is 13.8 Å². The molecule has 1 atom stereocenters. The lowest BCUT2D eigenvalue weighted by molar-refractivity contribution is -0.128. The Bertz CT molecular complexity index is 221. The van der Waals surface area contributed by atoms with Gasteiger partial charge in [0.15, 0.2) is 0 Å². The summed E-state index contributed by atoms with van der Waals surface area (Å²) in [6.07, 6.45) is 1.34. The number of ether oxygens (including phenoxy) is 4. The van der Waals surface area contributed by atoms with E-state index in [1.165, 1.54) is 0 Å². The monoisotopic (exact) mass is 246 g/mol. The minimum atomic E-state index is -0.278. The van der Waals surface area contributed by atoms with Crippen LogP contribution in [0.5, 0.6) is 0 Å². The van der Waals surface area contributed by atoms with E-state index in [4.69, 9.17) is 18.9 Å². The van der Waals surface area contributed by atoms with Gasteiger partial charge in [0.2, 0.25) is 0 Å².